The van der Waals surface area contributed by atoms with Crippen molar-refractivity contribution >= 4 is 41.0 Å². The van der Waals surface area contributed by atoms with Crippen LogP contribution in [0.5, 0.6) is 0 Å². The predicted molar refractivity (Wildman–Crippen MR) is 150 cm³/mol. The van der Waals surface area contributed by atoms with E-state index in [1.165, 1.54) is 0 Å². The van der Waals surface area contributed by atoms with Crippen LogP contribution < -0.4 is 5.32 Å². The maximum atomic E-state index is 14.1. The number of anilines is 1. The molecule has 1 aliphatic heterocycles. The number of unbranched alkanes of at least 4 members (excludes halogenated alkanes) is 1. The lowest BCUT2D eigenvalue weighted by Crippen LogP contribution is -2.47. The summed E-state index contributed by atoms with van der Waals surface area (Å²) in [4.78, 5) is 55.2. The van der Waals surface area contributed by atoms with E-state index in [4.69, 9.17) is 16.3 Å². The average Bonchev–Trinajstić information content (AvgIpc) is 3.23. The molecule has 4 aliphatic rings. The molecule has 3 atom stereocenters. The Morgan fingerprint density at radius 3 is 1.82 bits per heavy atom. The molecule has 1 heterocycles. The molecule has 0 spiro atoms. The lowest BCUT2D eigenvalue weighted by Gasteiger charge is -2.45. The fourth-order valence-corrected chi connectivity index (χ4v) is 6.85. The molecule has 0 saturated carbocycles. The van der Waals surface area contributed by atoms with Crippen molar-refractivity contribution in [1.29, 1.82) is 0 Å². The third-order valence-corrected chi connectivity index (χ3v) is 8.62. The minimum atomic E-state index is -1.08. The van der Waals surface area contributed by atoms with E-state index in [0.29, 0.717) is 17.1 Å². The summed E-state index contributed by atoms with van der Waals surface area (Å²) in [6.45, 7) is 1.44. The number of carbonyl (C=O) groups excluding carboxylic acids is 4. The molecule has 40 heavy (non-hydrogen) atoms. The number of likely N-dealkylation sites (tertiary alicyclic amines) is 1. The Hall–Kier alpha value is -3.97. The zero-order valence-electron chi connectivity index (χ0n) is 22.0. The number of nitrogens with zero attached hydrogens (tertiary/aromatic N) is 1. The number of benzene rings is 3. The van der Waals surface area contributed by atoms with Gasteiger partial charge in [0.2, 0.25) is 11.8 Å². The summed E-state index contributed by atoms with van der Waals surface area (Å²) in [6.07, 6.45) is 1.67. The second-order valence-electron chi connectivity index (χ2n) is 10.6. The van der Waals surface area contributed by atoms with Gasteiger partial charge < -0.3 is 10.1 Å². The van der Waals surface area contributed by atoms with Gasteiger partial charge in [0.05, 0.1) is 11.8 Å². The van der Waals surface area contributed by atoms with E-state index in [1.54, 1.807) is 24.3 Å². The van der Waals surface area contributed by atoms with Crippen LogP contribution in [0.4, 0.5) is 5.69 Å². The molecule has 3 aliphatic carbocycles. The Bertz CT molecular complexity index is 1390. The topological polar surface area (TPSA) is 92.8 Å². The standard InChI is InChI=1S/C32H29ClN2O5/c1-2-3-12-24(32(39)40-17-25(36)34-19-15-13-18(33)14-16-19)35-30(37)28-26-20-8-4-5-9-21(20)27(29(28)31(35)38)23-11-7-6-10-22(23)26/h4-11,13-16,24,26-29H,2-3,12,17H2,1H3,(H,34,36)/t24-,26?,27?,28+,29+/m1/s1. The number of hydrogen-bond donors (Lipinski definition) is 1. The molecule has 2 bridgehead atoms. The number of rotatable bonds is 8. The summed E-state index contributed by atoms with van der Waals surface area (Å²) in [7, 11) is 0. The highest BCUT2D eigenvalue weighted by molar-refractivity contribution is 6.30. The first-order valence-corrected chi connectivity index (χ1v) is 14.0. The van der Waals surface area contributed by atoms with Crippen molar-refractivity contribution in [3.8, 4) is 0 Å². The minimum Gasteiger partial charge on any atom is -0.454 e. The first-order chi connectivity index (χ1) is 19.4. The molecule has 1 fully saturated rings. The van der Waals surface area contributed by atoms with Gasteiger partial charge in [0, 0.05) is 22.5 Å². The van der Waals surface area contributed by atoms with Crippen molar-refractivity contribution in [3.05, 3.63) is 100 Å². The van der Waals surface area contributed by atoms with Crippen molar-refractivity contribution in [1.82, 2.24) is 4.90 Å². The van der Waals surface area contributed by atoms with Gasteiger partial charge in [0.25, 0.3) is 5.91 Å². The van der Waals surface area contributed by atoms with Gasteiger partial charge in [-0.25, -0.2) is 4.79 Å². The highest BCUT2D eigenvalue weighted by Gasteiger charge is 2.63. The molecule has 8 heteroatoms. The summed E-state index contributed by atoms with van der Waals surface area (Å²) >= 11 is 5.89. The first kappa shape index (κ1) is 26.3. The van der Waals surface area contributed by atoms with Gasteiger partial charge in [-0.15, -0.1) is 0 Å². The molecular weight excluding hydrogens is 528 g/mol. The fourth-order valence-electron chi connectivity index (χ4n) is 6.72. The van der Waals surface area contributed by atoms with Crippen molar-refractivity contribution < 1.29 is 23.9 Å². The number of amides is 3. The van der Waals surface area contributed by atoms with E-state index in [1.807, 2.05) is 55.5 Å². The normalized spacial score (nSPS) is 22.8. The number of imide groups is 1. The SMILES string of the molecule is CCCC[C@H](C(=O)OCC(=O)Nc1ccc(Cl)cc1)N1C(=O)[C@H]2C3c4ccccc4C(c4ccccc43)[C@@H]2C1=O. The zero-order chi connectivity index (χ0) is 28.0. The third-order valence-electron chi connectivity index (χ3n) is 8.37. The molecule has 1 N–H and O–H groups in total. The Morgan fingerprint density at radius 2 is 1.35 bits per heavy atom. The number of carbonyl (C=O) groups is 4. The molecule has 3 aromatic carbocycles. The maximum absolute atomic E-state index is 14.1. The second kappa shape index (κ2) is 10.5. The Morgan fingerprint density at radius 1 is 0.850 bits per heavy atom. The Balaban J connectivity index is 1.26. The van der Waals surface area contributed by atoms with Crippen LogP contribution in [0.15, 0.2) is 72.8 Å². The number of esters is 1. The van der Waals surface area contributed by atoms with Crippen molar-refractivity contribution in [2.75, 3.05) is 11.9 Å². The van der Waals surface area contributed by atoms with Gasteiger partial charge in [0.15, 0.2) is 6.61 Å². The van der Waals surface area contributed by atoms with E-state index in [2.05, 4.69) is 5.32 Å². The van der Waals surface area contributed by atoms with Crippen molar-refractivity contribution in [3.63, 3.8) is 0 Å². The smallest absolute Gasteiger partial charge is 0.329 e. The van der Waals surface area contributed by atoms with Crippen LogP contribution in [0.25, 0.3) is 0 Å². The number of hydrogen-bond acceptors (Lipinski definition) is 5. The van der Waals surface area contributed by atoms with Crippen LogP contribution in [-0.4, -0.2) is 41.2 Å². The lowest BCUT2D eigenvalue weighted by atomic mass is 9.55. The van der Waals surface area contributed by atoms with Crippen LogP contribution in [0.1, 0.15) is 60.3 Å². The molecule has 3 aromatic rings. The van der Waals surface area contributed by atoms with Gasteiger partial charge >= 0.3 is 5.97 Å². The molecule has 204 valence electrons. The van der Waals surface area contributed by atoms with Crippen molar-refractivity contribution in [2.45, 2.75) is 44.1 Å². The molecule has 0 aromatic heterocycles. The summed E-state index contributed by atoms with van der Waals surface area (Å²) in [6, 6.07) is 21.5. The number of nitrogens with one attached hydrogen (secondary N) is 1. The highest BCUT2D eigenvalue weighted by atomic mass is 35.5. The number of ether oxygens (including phenoxy) is 1. The van der Waals surface area contributed by atoms with E-state index >= 15 is 0 Å². The van der Waals surface area contributed by atoms with Crippen LogP contribution in [0, 0.1) is 11.8 Å². The molecular formula is C32H29ClN2O5. The molecule has 0 radical (unpaired) electrons. The monoisotopic (exact) mass is 556 g/mol. The van der Waals surface area contributed by atoms with E-state index < -0.39 is 36.4 Å². The zero-order valence-corrected chi connectivity index (χ0v) is 22.8. The van der Waals surface area contributed by atoms with Crippen LogP contribution in [-0.2, 0) is 23.9 Å². The summed E-state index contributed by atoms with van der Waals surface area (Å²) in [5.74, 6) is -3.60. The first-order valence-electron chi connectivity index (χ1n) is 13.7. The average molecular weight is 557 g/mol. The minimum absolute atomic E-state index is 0.253. The van der Waals surface area contributed by atoms with Crippen molar-refractivity contribution in [2.24, 2.45) is 11.8 Å². The number of halogens is 1. The fraction of sp³-hybridized carbons (Fsp3) is 0.312. The predicted octanol–water partition coefficient (Wildman–Crippen LogP) is 5.27. The quantitative estimate of drug-likeness (QED) is 0.301. The molecule has 7 rings (SSSR count). The van der Waals surface area contributed by atoms with E-state index in [0.717, 1.165) is 33.6 Å². The highest BCUT2D eigenvalue weighted by Crippen LogP contribution is 2.61. The maximum Gasteiger partial charge on any atom is 0.329 e. The third kappa shape index (κ3) is 4.29. The molecule has 3 amide bonds. The summed E-state index contributed by atoms with van der Waals surface area (Å²) < 4.78 is 5.39. The summed E-state index contributed by atoms with van der Waals surface area (Å²) in [5.41, 5.74) is 4.80. The van der Waals surface area contributed by atoms with E-state index in [-0.39, 0.29) is 30.1 Å². The van der Waals surface area contributed by atoms with Crippen LogP contribution in [0.3, 0.4) is 0 Å². The Labute approximate surface area is 237 Å². The van der Waals surface area contributed by atoms with E-state index in [9.17, 15) is 19.2 Å². The van der Waals surface area contributed by atoms with Crippen LogP contribution >= 0.6 is 11.6 Å². The van der Waals surface area contributed by atoms with Gasteiger partial charge in [-0.2, -0.15) is 0 Å². The van der Waals surface area contributed by atoms with Gasteiger partial charge in [0.1, 0.15) is 6.04 Å². The largest absolute Gasteiger partial charge is 0.454 e. The second-order valence-corrected chi connectivity index (χ2v) is 11.1. The molecule has 0 unspecified atom stereocenters. The van der Waals surface area contributed by atoms with Gasteiger partial charge in [-0.05, 0) is 52.9 Å². The van der Waals surface area contributed by atoms with Gasteiger partial charge in [-0.3, -0.25) is 19.3 Å². The molecule has 1 saturated heterocycles. The molecule has 7 nitrogen and oxygen atoms in total. The Kier molecular flexibility index (Phi) is 6.92. The van der Waals surface area contributed by atoms with Crippen LogP contribution in [0.2, 0.25) is 5.02 Å². The lowest BCUT2D eigenvalue weighted by molar-refractivity contribution is -0.160. The summed E-state index contributed by atoms with van der Waals surface area (Å²) in [5, 5.41) is 3.18. The van der Waals surface area contributed by atoms with Gasteiger partial charge in [-0.1, -0.05) is 79.9 Å².